The summed E-state index contributed by atoms with van der Waals surface area (Å²) in [6.07, 6.45) is 0. The number of amides is 1. The maximum atomic E-state index is 13.2. The number of nitrogens with zero attached hydrogens (tertiary/aromatic N) is 1. The van der Waals surface area contributed by atoms with Crippen LogP contribution in [0.25, 0.3) is 11.3 Å². The van der Waals surface area contributed by atoms with Crippen molar-refractivity contribution in [1.82, 2.24) is 10.5 Å². The molecular weight excluding hydrogens is 404 g/mol. The van der Waals surface area contributed by atoms with Gasteiger partial charge < -0.3 is 19.3 Å². The number of ether oxygens (including phenoxy) is 2. The van der Waals surface area contributed by atoms with Gasteiger partial charge in [0.2, 0.25) is 5.91 Å². The van der Waals surface area contributed by atoms with Crippen LogP contribution in [-0.2, 0) is 11.3 Å². The molecule has 0 aliphatic carbocycles. The van der Waals surface area contributed by atoms with E-state index in [4.69, 9.17) is 14.0 Å². The number of carbonyl (C=O) groups excluding carboxylic acids is 1. The number of aromatic nitrogens is 1. The number of hydrogen-bond donors (Lipinski definition) is 1. The first-order valence-electron chi connectivity index (χ1n) is 10.5. The van der Waals surface area contributed by atoms with Gasteiger partial charge >= 0.3 is 0 Å². The average Bonchev–Trinajstić information content (AvgIpc) is 3.33. The van der Waals surface area contributed by atoms with Crippen LogP contribution in [0.3, 0.4) is 0 Å². The van der Waals surface area contributed by atoms with Gasteiger partial charge in [-0.1, -0.05) is 65.8 Å². The van der Waals surface area contributed by atoms with E-state index in [2.05, 4.69) is 10.5 Å². The molecule has 0 saturated heterocycles. The minimum atomic E-state index is -0.401. The van der Waals surface area contributed by atoms with Crippen LogP contribution in [0, 0.1) is 0 Å². The summed E-state index contributed by atoms with van der Waals surface area (Å²) in [4.78, 5) is 13.2. The summed E-state index contributed by atoms with van der Waals surface area (Å²) in [5, 5.41) is 7.12. The molecule has 1 N–H and O–H groups in total. The molecule has 5 rings (SSSR count). The normalized spacial score (nSPS) is 12.5. The molecule has 0 unspecified atom stereocenters. The molecule has 6 heteroatoms. The molecule has 32 heavy (non-hydrogen) atoms. The topological polar surface area (TPSA) is 73.6 Å². The Labute approximate surface area is 185 Å². The Kier molecular flexibility index (Phi) is 5.58. The highest BCUT2D eigenvalue weighted by molar-refractivity contribution is 5.87. The van der Waals surface area contributed by atoms with Crippen LogP contribution in [0.1, 0.15) is 22.7 Å². The van der Waals surface area contributed by atoms with Gasteiger partial charge in [-0.15, -0.1) is 0 Å². The van der Waals surface area contributed by atoms with Crippen molar-refractivity contribution >= 4 is 5.91 Å². The number of fused-ring (bicyclic) bond motifs is 1. The first-order chi connectivity index (χ1) is 15.8. The quantitative estimate of drug-likeness (QED) is 0.489. The lowest BCUT2D eigenvalue weighted by atomic mass is 9.90. The first-order valence-corrected chi connectivity index (χ1v) is 10.5. The summed E-state index contributed by atoms with van der Waals surface area (Å²) < 4.78 is 16.7. The van der Waals surface area contributed by atoms with Gasteiger partial charge in [0.05, 0.1) is 12.5 Å². The van der Waals surface area contributed by atoms with E-state index >= 15 is 0 Å². The summed E-state index contributed by atoms with van der Waals surface area (Å²) >= 11 is 0. The Morgan fingerprint density at radius 2 is 1.50 bits per heavy atom. The molecule has 1 amide bonds. The molecule has 3 aromatic carbocycles. The lowest BCUT2D eigenvalue weighted by molar-refractivity contribution is -0.121. The number of carbonyl (C=O) groups is 1. The second kappa shape index (κ2) is 8.98. The Balaban J connectivity index is 1.31. The fraction of sp³-hybridized carbons (Fsp3) is 0.154. The Bertz CT molecular complexity index is 1170. The van der Waals surface area contributed by atoms with Gasteiger partial charge in [-0.3, -0.25) is 4.79 Å². The summed E-state index contributed by atoms with van der Waals surface area (Å²) in [5.74, 6) is 1.52. The molecule has 6 nitrogen and oxygen atoms in total. The van der Waals surface area contributed by atoms with E-state index in [9.17, 15) is 4.79 Å². The Hall–Kier alpha value is -4.06. The van der Waals surface area contributed by atoms with Gasteiger partial charge in [-0.25, -0.2) is 0 Å². The van der Waals surface area contributed by atoms with E-state index in [1.165, 1.54) is 0 Å². The zero-order valence-electron chi connectivity index (χ0n) is 17.4. The number of nitrogens with one attached hydrogen (secondary N) is 1. The molecule has 0 atom stereocenters. The zero-order valence-corrected chi connectivity index (χ0v) is 17.4. The van der Waals surface area contributed by atoms with Crippen molar-refractivity contribution in [3.8, 4) is 22.8 Å². The van der Waals surface area contributed by atoms with Gasteiger partial charge in [0, 0.05) is 11.6 Å². The molecule has 0 saturated carbocycles. The standard InChI is InChI=1S/C26H22N2O4/c29-26(25(18-7-3-1-4-8-18)19-9-5-2-6-10-19)27-17-21-16-23(32-28-21)20-11-12-22-24(15-20)31-14-13-30-22/h1-12,15-16,25H,13-14,17H2,(H,27,29). The van der Waals surface area contributed by atoms with Crippen molar-refractivity contribution in [1.29, 1.82) is 0 Å². The predicted molar refractivity (Wildman–Crippen MR) is 120 cm³/mol. The highest BCUT2D eigenvalue weighted by Gasteiger charge is 2.23. The fourth-order valence-electron chi connectivity index (χ4n) is 3.79. The molecule has 0 radical (unpaired) electrons. The third-order valence-corrected chi connectivity index (χ3v) is 5.36. The first kappa shape index (κ1) is 19.9. The highest BCUT2D eigenvalue weighted by atomic mass is 16.6. The molecule has 4 aromatic rings. The van der Waals surface area contributed by atoms with Crippen LogP contribution in [-0.4, -0.2) is 24.3 Å². The van der Waals surface area contributed by atoms with Gasteiger partial charge in [-0.2, -0.15) is 0 Å². The van der Waals surface area contributed by atoms with Crippen LogP contribution in [0.5, 0.6) is 11.5 Å². The van der Waals surface area contributed by atoms with Crippen molar-refractivity contribution in [3.63, 3.8) is 0 Å². The highest BCUT2D eigenvalue weighted by Crippen LogP contribution is 2.34. The van der Waals surface area contributed by atoms with Crippen LogP contribution in [0.15, 0.2) is 89.5 Å². The summed E-state index contributed by atoms with van der Waals surface area (Å²) in [7, 11) is 0. The second-order valence-electron chi connectivity index (χ2n) is 7.51. The van der Waals surface area contributed by atoms with Crippen molar-refractivity contribution < 1.29 is 18.8 Å². The van der Waals surface area contributed by atoms with Gasteiger partial charge in [0.15, 0.2) is 17.3 Å². The number of benzene rings is 3. The van der Waals surface area contributed by atoms with Crippen LogP contribution in [0.2, 0.25) is 0 Å². The van der Waals surface area contributed by atoms with Gasteiger partial charge in [0.1, 0.15) is 18.9 Å². The van der Waals surface area contributed by atoms with Crippen molar-refractivity contribution in [2.24, 2.45) is 0 Å². The molecule has 160 valence electrons. The second-order valence-corrected chi connectivity index (χ2v) is 7.51. The molecular formula is C26H22N2O4. The van der Waals surface area contributed by atoms with E-state index in [1.54, 1.807) is 0 Å². The molecule has 1 aromatic heterocycles. The maximum Gasteiger partial charge on any atom is 0.232 e. The van der Waals surface area contributed by atoms with E-state index in [0.29, 0.717) is 30.4 Å². The monoisotopic (exact) mass is 426 g/mol. The number of rotatable bonds is 6. The summed E-state index contributed by atoms with van der Waals surface area (Å²) in [6, 6.07) is 27.0. The maximum absolute atomic E-state index is 13.2. The molecule has 0 spiro atoms. The SMILES string of the molecule is O=C(NCc1cc(-c2ccc3c(c2)OCCO3)on1)C(c1ccccc1)c1ccccc1. The molecule has 0 fully saturated rings. The third-order valence-electron chi connectivity index (χ3n) is 5.36. The average molecular weight is 426 g/mol. The van der Waals surface area contributed by atoms with E-state index < -0.39 is 5.92 Å². The largest absolute Gasteiger partial charge is 0.486 e. The van der Waals surface area contributed by atoms with Crippen LogP contribution in [0.4, 0.5) is 0 Å². The van der Waals surface area contributed by atoms with Crippen LogP contribution < -0.4 is 14.8 Å². The molecule has 1 aliphatic heterocycles. The van der Waals surface area contributed by atoms with Crippen molar-refractivity contribution in [2.75, 3.05) is 13.2 Å². The van der Waals surface area contributed by atoms with Crippen molar-refractivity contribution in [3.05, 3.63) is 102 Å². The summed E-state index contributed by atoms with van der Waals surface area (Å²) in [5.41, 5.74) is 3.36. The lowest BCUT2D eigenvalue weighted by Crippen LogP contribution is -2.29. The Morgan fingerprint density at radius 3 is 2.19 bits per heavy atom. The zero-order chi connectivity index (χ0) is 21.8. The Morgan fingerprint density at radius 1 is 0.844 bits per heavy atom. The summed E-state index contributed by atoms with van der Waals surface area (Å²) in [6.45, 7) is 1.34. The van der Waals surface area contributed by atoms with E-state index in [1.807, 2.05) is 84.9 Å². The molecule has 2 heterocycles. The minimum absolute atomic E-state index is 0.0914. The molecule has 1 aliphatic rings. The fourth-order valence-corrected chi connectivity index (χ4v) is 3.79. The lowest BCUT2D eigenvalue weighted by Gasteiger charge is -2.18. The van der Waals surface area contributed by atoms with Gasteiger partial charge in [0.25, 0.3) is 0 Å². The minimum Gasteiger partial charge on any atom is -0.486 e. The smallest absolute Gasteiger partial charge is 0.232 e. The third kappa shape index (κ3) is 4.21. The van der Waals surface area contributed by atoms with Crippen molar-refractivity contribution in [2.45, 2.75) is 12.5 Å². The van der Waals surface area contributed by atoms with E-state index in [0.717, 1.165) is 22.4 Å². The van der Waals surface area contributed by atoms with Gasteiger partial charge in [-0.05, 0) is 29.3 Å². The molecule has 0 bridgehead atoms. The predicted octanol–water partition coefficient (Wildman–Crippen LogP) is 4.56. The number of hydrogen-bond acceptors (Lipinski definition) is 5. The van der Waals surface area contributed by atoms with E-state index in [-0.39, 0.29) is 12.5 Å². The van der Waals surface area contributed by atoms with Crippen LogP contribution >= 0.6 is 0 Å².